The molecule has 0 aliphatic rings. The number of aromatic amines is 1. The topological polar surface area (TPSA) is 97.3 Å². The Labute approximate surface area is 130 Å². The molecule has 0 aliphatic heterocycles. The number of hydrogen-bond acceptors (Lipinski definition) is 5. The van der Waals surface area contributed by atoms with Crippen molar-refractivity contribution in [3.8, 4) is 0 Å². The molecular weight excluding hydrogens is 292 g/mol. The van der Waals surface area contributed by atoms with Crippen molar-refractivity contribution in [1.82, 2.24) is 10.2 Å². The van der Waals surface area contributed by atoms with Crippen molar-refractivity contribution in [2.24, 2.45) is 10.9 Å². The van der Waals surface area contributed by atoms with Gasteiger partial charge < -0.3 is 10.3 Å². The van der Waals surface area contributed by atoms with Gasteiger partial charge in [-0.2, -0.15) is 10.2 Å². The van der Waals surface area contributed by atoms with E-state index in [4.69, 9.17) is 10.3 Å². The van der Waals surface area contributed by atoms with Crippen LogP contribution in [0.2, 0.25) is 0 Å². The summed E-state index contributed by atoms with van der Waals surface area (Å²) >= 11 is 0. The minimum absolute atomic E-state index is 0.406. The minimum atomic E-state index is -0.406. The third-order valence-corrected chi connectivity index (χ3v) is 4.03. The average molecular weight is 306 g/mol. The molecule has 0 fully saturated rings. The Morgan fingerprint density at radius 3 is 2.91 bits per heavy atom. The second-order valence-corrected chi connectivity index (χ2v) is 5.52. The zero-order valence-electron chi connectivity index (χ0n) is 12.5. The summed E-state index contributed by atoms with van der Waals surface area (Å²) in [7, 11) is 0. The van der Waals surface area contributed by atoms with Crippen LogP contribution >= 0.6 is 0 Å². The largest absolute Gasteiger partial charge is 0.422 e. The molecule has 2 heterocycles. The summed E-state index contributed by atoms with van der Waals surface area (Å²) in [5.41, 5.74) is 2.11. The lowest BCUT2D eigenvalue weighted by molar-refractivity contribution is 0.569. The Morgan fingerprint density at radius 1 is 1.26 bits per heavy atom. The monoisotopic (exact) mass is 306 g/mol. The van der Waals surface area contributed by atoms with E-state index in [0.29, 0.717) is 34.3 Å². The van der Waals surface area contributed by atoms with Crippen molar-refractivity contribution in [2.45, 2.75) is 13.3 Å². The SMILES string of the molecule is C/C(Cc1[nH]nc2c1c(=O)oc1ccc3ccccc3c12)=N\N. The summed E-state index contributed by atoms with van der Waals surface area (Å²) in [5.74, 6) is 5.29. The highest BCUT2D eigenvalue weighted by atomic mass is 16.4. The second kappa shape index (κ2) is 4.95. The fourth-order valence-corrected chi connectivity index (χ4v) is 2.94. The van der Waals surface area contributed by atoms with E-state index in [1.165, 1.54) is 0 Å². The maximum atomic E-state index is 12.4. The summed E-state index contributed by atoms with van der Waals surface area (Å²) in [6.07, 6.45) is 0.425. The molecule has 0 unspecified atom stereocenters. The van der Waals surface area contributed by atoms with Crippen molar-refractivity contribution < 1.29 is 4.42 Å². The molecule has 2 aromatic heterocycles. The molecule has 0 radical (unpaired) electrons. The standard InChI is InChI=1S/C17H14N4O2/c1-9(19-18)8-12-15-16(21-20-12)14-11-5-3-2-4-10(11)6-7-13(14)23-17(15)22/h2-7H,8,18H2,1H3,(H,20,21)/b19-9+. The Bertz CT molecular complexity index is 1140. The number of benzene rings is 2. The van der Waals surface area contributed by atoms with Crippen LogP contribution in [-0.4, -0.2) is 15.9 Å². The first-order valence-electron chi connectivity index (χ1n) is 7.24. The molecule has 3 N–H and O–H groups in total. The minimum Gasteiger partial charge on any atom is -0.422 e. The molecule has 0 saturated carbocycles. The van der Waals surface area contributed by atoms with Crippen LogP contribution < -0.4 is 11.5 Å². The number of aromatic nitrogens is 2. The van der Waals surface area contributed by atoms with E-state index >= 15 is 0 Å². The summed E-state index contributed by atoms with van der Waals surface area (Å²) in [6, 6.07) is 11.7. The van der Waals surface area contributed by atoms with Crippen LogP contribution in [-0.2, 0) is 6.42 Å². The molecule has 0 atom stereocenters. The number of nitrogens with two attached hydrogens (primary N) is 1. The van der Waals surface area contributed by atoms with Crippen LogP contribution in [0.5, 0.6) is 0 Å². The van der Waals surface area contributed by atoms with E-state index in [1.807, 2.05) is 30.3 Å². The van der Waals surface area contributed by atoms with Crippen LogP contribution in [0.4, 0.5) is 0 Å². The molecule has 114 valence electrons. The predicted molar refractivity (Wildman–Crippen MR) is 90.6 cm³/mol. The lowest BCUT2D eigenvalue weighted by Gasteiger charge is -2.03. The summed E-state index contributed by atoms with van der Waals surface area (Å²) in [6.45, 7) is 1.80. The van der Waals surface area contributed by atoms with Crippen LogP contribution in [0.3, 0.4) is 0 Å². The number of hydrogen-bond donors (Lipinski definition) is 2. The highest BCUT2D eigenvalue weighted by molar-refractivity contribution is 6.17. The second-order valence-electron chi connectivity index (χ2n) is 5.52. The van der Waals surface area contributed by atoms with E-state index in [1.54, 1.807) is 13.0 Å². The molecule has 0 aliphatic carbocycles. The molecule has 0 saturated heterocycles. The molecule has 0 bridgehead atoms. The molecule has 6 nitrogen and oxygen atoms in total. The van der Waals surface area contributed by atoms with Gasteiger partial charge in [0.15, 0.2) is 0 Å². The smallest absolute Gasteiger partial charge is 0.347 e. The Balaban J connectivity index is 2.16. The molecule has 4 aromatic rings. The fraction of sp³-hybridized carbons (Fsp3) is 0.118. The van der Waals surface area contributed by atoms with E-state index in [0.717, 1.165) is 16.2 Å². The molecule has 23 heavy (non-hydrogen) atoms. The number of rotatable bonds is 2. The van der Waals surface area contributed by atoms with Crippen LogP contribution in [0, 0.1) is 0 Å². The first-order valence-corrected chi connectivity index (χ1v) is 7.24. The molecular formula is C17H14N4O2. The zero-order chi connectivity index (χ0) is 16.0. The van der Waals surface area contributed by atoms with Crippen LogP contribution in [0.15, 0.2) is 50.7 Å². The van der Waals surface area contributed by atoms with Gasteiger partial charge in [-0.15, -0.1) is 0 Å². The van der Waals surface area contributed by atoms with Crippen LogP contribution in [0.1, 0.15) is 12.6 Å². The van der Waals surface area contributed by atoms with Crippen molar-refractivity contribution in [1.29, 1.82) is 0 Å². The van der Waals surface area contributed by atoms with E-state index in [9.17, 15) is 4.79 Å². The lowest BCUT2D eigenvalue weighted by atomic mass is 10.0. The number of fused-ring (bicyclic) bond motifs is 5. The highest BCUT2D eigenvalue weighted by Crippen LogP contribution is 2.30. The third kappa shape index (κ3) is 1.99. The van der Waals surface area contributed by atoms with Gasteiger partial charge in [0.05, 0.1) is 11.1 Å². The van der Waals surface area contributed by atoms with E-state index in [-0.39, 0.29) is 0 Å². The van der Waals surface area contributed by atoms with Gasteiger partial charge in [-0.25, -0.2) is 4.79 Å². The van der Waals surface area contributed by atoms with E-state index in [2.05, 4.69) is 15.3 Å². The molecule has 4 rings (SSSR count). The van der Waals surface area contributed by atoms with Crippen molar-refractivity contribution >= 4 is 38.4 Å². The first-order chi connectivity index (χ1) is 11.2. The van der Waals surface area contributed by atoms with Gasteiger partial charge in [0.1, 0.15) is 16.5 Å². The Hall–Kier alpha value is -3.15. The number of nitrogens with zero attached hydrogens (tertiary/aromatic N) is 2. The molecule has 2 aromatic carbocycles. The zero-order valence-corrected chi connectivity index (χ0v) is 12.5. The van der Waals surface area contributed by atoms with Gasteiger partial charge in [0, 0.05) is 12.1 Å². The molecule has 6 heteroatoms. The van der Waals surface area contributed by atoms with Gasteiger partial charge in [0.2, 0.25) is 0 Å². The fourth-order valence-electron chi connectivity index (χ4n) is 2.94. The Kier molecular flexibility index (Phi) is 2.90. The summed E-state index contributed by atoms with van der Waals surface area (Å²) in [4.78, 5) is 12.4. The number of hydrazone groups is 1. The normalized spacial score (nSPS) is 12.5. The number of nitrogens with one attached hydrogen (secondary N) is 1. The van der Waals surface area contributed by atoms with Crippen molar-refractivity contribution in [2.75, 3.05) is 0 Å². The molecule has 0 spiro atoms. The maximum Gasteiger partial charge on any atom is 0.347 e. The van der Waals surface area contributed by atoms with Crippen LogP contribution in [0.25, 0.3) is 32.6 Å². The van der Waals surface area contributed by atoms with E-state index < -0.39 is 5.63 Å². The third-order valence-electron chi connectivity index (χ3n) is 4.03. The van der Waals surface area contributed by atoms with Gasteiger partial charge in [-0.1, -0.05) is 30.3 Å². The van der Waals surface area contributed by atoms with Gasteiger partial charge >= 0.3 is 5.63 Å². The summed E-state index contributed by atoms with van der Waals surface area (Å²) in [5, 5.41) is 14.3. The van der Waals surface area contributed by atoms with Crippen molar-refractivity contribution in [3.63, 3.8) is 0 Å². The summed E-state index contributed by atoms with van der Waals surface area (Å²) < 4.78 is 5.51. The van der Waals surface area contributed by atoms with Gasteiger partial charge in [0.25, 0.3) is 0 Å². The molecule has 0 amide bonds. The quantitative estimate of drug-likeness (QED) is 0.196. The predicted octanol–water partition coefficient (Wildman–Crippen LogP) is 2.70. The van der Waals surface area contributed by atoms with Gasteiger partial charge in [-0.3, -0.25) is 5.10 Å². The number of H-pyrrole nitrogens is 1. The first kappa shape index (κ1) is 13.5. The lowest BCUT2D eigenvalue weighted by Crippen LogP contribution is -2.06. The maximum absolute atomic E-state index is 12.4. The van der Waals surface area contributed by atoms with Crippen molar-refractivity contribution in [3.05, 3.63) is 52.5 Å². The Morgan fingerprint density at radius 2 is 2.09 bits per heavy atom. The average Bonchev–Trinajstić information content (AvgIpc) is 2.98. The highest BCUT2D eigenvalue weighted by Gasteiger charge is 2.17. The van der Waals surface area contributed by atoms with Gasteiger partial charge in [-0.05, 0) is 23.8 Å².